The lowest BCUT2D eigenvalue weighted by molar-refractivity contribution is -0.162. The molecule has 0 saturated carbocycles. The first-order valence-electron chi connectivity index (χ1n) is 9.38. The molecule has 0 aliphatic carbocycles. The number of benzene rings is 2. The molecule has 0 aromatic heterocycles. The molecule has 0 aliphatic heterocycles. The van der Waals surface area contributed by atoms with E-state index in [2.05, 4.69) is 0 Å². The largest absolute Gasteiger partial charge is 0.469 e. The van der Waals surface area contributed by atoms with Crippen molar-refractivity contribution >= 4 is 17.7 Å². The third-order valence-corrected chi connectivity index (χ3v) is 4.64. The van der Waals surface area contributed by atoms with E-state index in [0.29, 0.717) is 0 Å². The molecule has 2 aromatic rings. The van der Waals surface area contributed by atoms with Crippen LogP contribution in [0.3, 0.4) is 0 Å². The number of Topliss-reactive ketones (excluding diaryl/α,β-unsaturated/α-hetero) is 1. The molecular weight excluding hydrogens is 372 g/mol. The van der Waals surface area contributed by atoms with Crippen molar-refractivity contribution in [2.45, 2.75) is 13.3 Å². The van der Waals surface area contributed by atoms with Gasteiger partial charge in [0.15, 0.2) is 5.78 Å². The van der Waals surface area contributed by atoms with Gasteiger partial charge in [-0.25, -0.2) is 0 Å². The zero-order valence-electron chi connectivity index (χ0n) is 16.9. The van der Waals surface area contributed by atoms with E-state index in [1.54, 1.807) is 0 Å². The number of carbonyl (C=O) groups excluding carboxylic acids is 3. The average Bonchev–Trinajstić information content (AvgIpc) is 2.74. The van der Waals surface area contributed by atoms with Crippen LogP contribution < -0.4 is 0 Å². The van der Waals surface area contributed by atoms with Crippen LogP contribution >= 0.6 is 0 Å². The zero-order chi connectivity index (χ0) is 21.2. The molecule has 154 valence electrons. The quantitative estimate of drug-likeness (QED) is 0.348. The fraction of sp³-hybridized carbons (Fsp3) is 0.348. The second-order valence-electron chi connectivity index (χ2n) is 6.66. The van der Waals surface area contributed by atoms with Gasteiger partial charge in [-0.15, -0.1) is 0 Å². The van der Waals surface area contributed by atoms with Crippen LogP contribution in [0.1, 0.15) is 12.5 Å². The van der Waals surface area contributed by atoms with Crippen molar-refractivity contribution in [1.29, 1.82) is 0 Å². The SMILES string of the molecule is COCCOC(=O)C(C(=O)Cc1ccc(-c2ccccc2)cc1)[C@@H](C)C(=O)OC. The molecule has 0 amide bonds. The number of esters is 2. The van der Waals surface area contributed by atoms with Crippen molar-refractivity contribution in [3.8, 4) is 11.1 Å². The summed E-state index contributed by atoms with van der Waals surface area (Å²) in [5.41, 5.74) is 2.85. The first-order chi connectivity index (χ1) is 14.0. The number of methoxy groups -OCH3 is 2. The van der Waals surface area contributed by atoms with Crippen molar-refractivity contribution in [3.05, 3.63) is 60.2 Å². The number of rotatable bonds is 10. The minimum Gasteiger partial charge on any atom is -0.469 e. The summed E-state index contributed by atoms with van der Waals surface area (Å²) in [6, 6.07) is 17.4. The first kappa shape index (κ1) is 22.3. The van der Waals surface area contributed by atoms with Crippen LogP contribution in [0.4, 0.5) is 0 Å². The summed E-state index contributed by atoms with van der Waals surface area (Å²) in [7, 11) is 2.70. The average molecular weight is 398 g/mol. The van der Waals surface area contributed by atoms with Gasteiger partial charge in [-0.3, -0.25) is 14.4 Å². The summed E-state index contributed by atoms with van der Waals surface area (Å²) in [6.45, 7) is 1.71. The highest BCUT2D eigenvalue weighted by Gasteiger charge is 2.37. The molecule has 0 N–H and O–H groups in total. The monoisotopic (exact) mass is 398 g/mol. The normalized spacial score (nSPS) is 12.7. The lowest BCUT2D eigenvalue weighted by Gasteiger charge is -2.20. The first-order valence-corrected chi connectivity index (χ1v) is 9.38. The molecule has 0 heterocycles. The Morgan fingerprint density at radius 1 is 0.828 bits per heavy atom. The summed E-state index contributed by atoms with van der Waals surface area (Å²) < 4.78 is 14.7. The van der Waals surface area contributed by atoms with Gasteiger partial charge in [0.25, 0.3) is 0 Å². The van der Waals surface area contributed by atoms with Crippen molar-refractivity contribution in [3.63, 3.8) is 0 Å². The predicted octanol–water partition coefficient (Wildman–Crippen LogP) is 3.08. The second kappa shape index (κ2) is 11.1. The molecule has 6 heteroatoms. The predicted molar refractivity (Wildman–Crippen MR) is 108 cm³/mol. The van der Waals surface area contributed by atoms with Crippen LogP contribution in [0.5, 0.6) is 0 Å². The van der Waals surface area contributed by atoms with Gasteiger partial charge in [-0.05, 0) is 16.7 Å². The van der Waals surface area contributed by atoms with E-state index in [-0.39, 0.29) is 19.6 Å². The Kier molecular flexibility index (Phi) is 8.55. The Hall–Kier alpha value is -2.99. The van der Waals surface area contributed by atoms with Gasteiger partial charge in [0.2, 0.25) is 0 Å². The molecule has 0 aliphatic rings. The third kappa shape index (κ3) is 6.26. The molecule has 0 fully saturated rings. The molecule has 0 radical (unpaired) electrons. The Balaban J connectivity index is 2.13. The second-order valence-corrected chi connectivity index (χ2v) is 6.66. The highest BCUT2D eigenvalue weighted by atomic mass is 16.6. The molecule has 6 nitrogen and oxygen atoms in total. The van der Waals surface area contributed by atoms with Gasteiger partial charge in [-0.2, -0.15) is 0 Å². The summed E-state index contributed by atoms with van der Waals surface area (Å²) in [4.78, 5) is 37.2. The van der Waals surface area contributed by atoms with E-state index in [9.17, 15) is 14.4 Å². The Morgan fingerprint density at radius 2 is 1.45 bits per heavy atom. The molecule has 29 heavy (non-hydrogen) atoms. The summed E-state index contributed by atoms with van der Waals surface area (Å²) >= 11 is 0. The van der Waals surface area contributed by atoms with E-state index in [0.717, 1.165) is 16.7 Å². The highest BCUT2D eigenvalue weighted by Crippen LogP contribution is 2.22. The summed E-state index contributed by atoms with van der Waals surface area (Å²) in [5.74, 6) is -3.94. The number of hydrogen-bond donors (Lipinski definition) is 0. The van der Waals surface area contributed by atoms with Crippen molar-refractivity contribution in [2.75, 3.05) is 27.4 Å². The van der Waals surface area contributed by atoms with Crippen LogP contribution in [0.25, 0.3) is 11.1 Å². The molecule has 2 aromatic carbocycles. The molecule has 0 bridgehead atoms. The number of ketones is 1. The Bertz CT molecular complexity index is 813. The van der Waals surface area contributed by atoms with E-state index in [1.807, 2.05) is 54.6 Å². The Morgan fingerprint density at radius 3 is 2.03 bits per heavy atom. The lowest BCUT2D eigenvalue weighted by Crippen LogP contribution is -2.37. The highest BCUT2D eigenvalue weighted by molar-refractivity contribution is 6.03. The van der Waals surface area contributed by atoms with Crippen LogP contribution in [0.2, 0.25) is 0 Å². The standard InChI is InChI=1S/C23H26O6/c1-16(22(25)28-3)21(23(26)29-14-13-27-2)20(24)15-17-9-11-19(12-10-17)18-7-5-4-6-8-18/h4-12,16,21H,13-15H2,1-3H3/t16-,21?/m1/s1. The van der Waals surface area contributed by atoms with E-state index < -0.39 is 29.6 Å². The lowest BCUT2D eigenvalue weighted by atomic mass is 9.87. The van der Waals surface area contributed by atoms with Gasteiger partial charge in [0.1, 0.15) is 12.5 Å². The topological polar surface area (TPSA) is 78.9 Å². The molecule has 0 saturated heterocycles. The van der Waals surface area contributed by atoms with Crippen LogP contribution in [0, 0.1) is 11.8 Å². The molecule has 2 rings (SSSR count). The molecular formula is C23H26O6. The van der Waals surface area contributed by atoms with Crippen molar-refractivity contribution < 1.29 is 28.6 Å². The molecule has 2 atom stereocenters. The maximum absolute atomic E-state index is 12.9. The third-order valence-electron chi connectivity index (χ3n) is 4.64. The maximum Gasteiger partial charge on any atom is 0.317 e. The minimum absolute atomic E-state index is 0.0127. The maximum atomic E-state index is 12.9. The van der Waals surface area contributed by atoms with Crippen LogP contribution in [0.15, 0.2) is 54.6 Å². The molecule has 0 spiro atoms. The van der Waals surface area contributed by atoms with Crippen LogP contribution in [-0.4, -0.2) is 45.2 Å². The summed E-state index contributed by atoms with van der Waals surface area (Å²) in [5, 5.41) is 0. The fourth-order valence-electron chi connectivity index (χ4n) is 3.01. The van der Waals surface area contributed by atoms with Crippen molar-refractivity contribution in [1.82, 2.24) is 0 Å². The zero-order valence-corrected chi connectivity index (χ0v) is 16.9. The van der Waals surface area contributed by atoms with Gasteiger partial charge < -0.3 is 14.2 Å². The van der Waals surface area contributed by atoms with Gasteiger partial charge >= 0.3 is 11.9 Å². The minimum atomic E-state index is -1.23. The summed E-state index contributed by atoms with van der Waals surface area (Å²) in [6.07, 6.45) is 0.0143. The van der Waals surface area contributed by atoms with Gasteiger partial charge in [-0.1, -0.05) is 61.5 Å². The van der Waals surface area contributed by atoms with Gasteiger partial charge in [0.05, 0.1) is 19.6 Å². The number of ether oxygens (including phenoxy) is 3. The Labute approximate surface area is 170 Å². The number of hydrogen-bond acceptors (Lipinski definition) is 6. The van der Waals surface area contributed by atoms with Crippen molar-refractivity contribution in [2.24, 2.45) is 11.8 Å². The smallest absolute Gasteiger partial charge is 0.317 e. The molecule has 1 unspecified atom stereocenters. The van der Waals surface area contributed by atoms with Crippen LogP contribution in [-0.2, 0) is 35.0 Å². The van der Waals surface area contributed by atoms with E-state index in [1.165, 1.54) is 21.1 Å². The van der Waals surface area contributed by atoms with E-state index >= 15 is 0 Å². The van der Waals surface area contributed by atoms with Gasteiger partial charge in [0, 0.05) is 13.5 Å². The van der Waals surface area contributed by atoms with E-state index in [4.69, 9.17) is 14.2 Å². The fourth-order valence-corrected chi connectivity index (χ4v) is 3.01. The number of carbonyl (C=O) groups is 3.